The van der Waals surface area contributed by atoms with Gasteiger partial charge in [-0.3, -0.25) is 9.69 Å². The third-order valence-electron chi connectivity index (χ3n) is 5.50. The van der Waals surface area contributed by atoms with E-state index in [4.69, 9.17) is 17.3 Å². The van der Waals surface area contributed by atoms with Crippen molar-refractivity contribution in [2.45, 2.75) is 44.1 Å². The Hall–Kier alpha value is -2.04. The number of benzene rings is 2. The fourth-order valence-corrected chi connectivity index (χ4v) is 4.28. The molecular weight excluding hydrogens is 370 g/mol. The molecule has 1 saturated carbocycles. The monoisotopic (exact) mass is 399 g/mol. The molecule has 28 heavy (non-hydrogen) atoms. The van der Waals surface area contributed by atoms with Crippen molar-refractivity contribution < 1.29 is 4.79 Å². The third kappa shape index (κ3) is 5.73. The molecule has 0 saturated heterocycles. The minimum Gasteiger partial charge on any atom is -0.398 e. The Kier molecular flexibility index (Phi) is 7.35. The van der Waals surface area contributed by atoms with Crippen LogP contribution in [0.3, 0.4) is 0 Å². The third-order valence-corrected chi connectivity index (χ3v) is 5.74. The van der Waals surface area contributed by atoms with Crippen molar-refractivity contribution in [1.29, 1.82) is 0 Å². The Morgan fingerprint density at radius 3 is 2.64 bits per heavy atom. The van der Waals surface area contributed by atoms with Gasteiger partial charge in [0.15, 0.2) is 0 Å². The van der Waals surface area contributed by atoms with E-state index in [2.05, 4.69) is 22.3 Å². The number of carbonyl (C=O) groups is 1. The van der Waals surface area contributed by atoms with Crippen LogP contribution in [0.4, 0.5) is 5.69 Å². The lowest BCUT2D eigenvalue weighted by Crippen LogP contribution is -2.42. The van der Waals surface area contributed by atoms with Gasteiger partial charge < -0.3 is 11.1 Å². The summed E-state index contributed by atoms with van der Waals surface area (Å²) < 4.78 is 0. The molecule has 1 aliphatic rings. The van der Waals surface area contributed by atoms with Gasteiger partial charge in [0.25, 0.3) is 0 Å². The summed E-state index contributed by atoms with van der Waals surface area (Å²) in [6, 6.07) is 16.1. The summed E-state index contributed by atoms with van der Waals surface area (Å²) in [5.74, 6) is 0.146. The van der Waals surface area contributed by atoms with Gasteiger partial charge in [0.1, 0.15) is 0 Å². The standard InChI is InChI=1S/C23H30ClN3O/c1-27(16-23(28)26-19-10-3-2-4-11-19)15-21(17-8-7-9-18(24)14-17)20-12-5-6-13-22(20)25/h5-9,12-14,19,21H,2-4,10-11,15-16,25H2,1H3,(H,26,28). The maximum atomic E-state index is 12.5. The van der Waals surface area contributed by atoms with Crippen molar-refractivity contribution in [2.75, 3.05) is 25.9 Å². The van der Waals surface area contributed by atoms with Crippen molar-refractivity contribution in [1.82, 2.24) is 10.2 Å². The van der Waals surface area contributed by atoms with Crippen molar-refractivity contribution in [3.8, 4) is 0 Å². The van der Waals surface area contributed by atoms with Crippen LogP contribution in [0.15, 0.2) is 48.5 Å². The Balaban J connectivity index is 1.70. The minimum atomic E-state index is 0.0485. The van der Waals surface area contributed by atoms with Crippen molar-refractivity contribution in [3.05, 3.63) is 64.7 Å². The second kappa shape index (κ2) is 9.94. The summed E-state index contributed by atoms with van der Waals surface area (Å²) >= 11 is 6.24. The molecule has 1 atom stereocenters. The van der Waals surface area contributed by atoms with Gasteiger partial charge in [-0.15, -0.1) is 0 Å². The van der Waals surface area contributed by atoms with Gasteiger partial charge >= 0.3 is 0 Å². The van der Waals surface area contributed by atoms with Crippen molar-refractivity contribution >= 4 is 23.2 Å². The highest BCUT2D eigenvalue weighted by atomic mass is 35.5. The fraction of sp³-hybridized carbons (Fsp3) is 0.435. The summed E-state index contributed by atoms with van der Waals surface area (Å²) in [7, 11) is 1.98. The summed E-state index contributed by atoms with van der Waals surface area (Å²) in [5.41, 5.74) is 9.19. The number of halogens is 1. The van der Waals surface area contributed by atoms with Gasteiger partial charge in [-0.1, -0.05) is 61.2 Å². The molecule has 1 unspecified atom stereocenters. The highest BCUT2D eigenvalue weighted by Gasteiger charge is 2.21. The summed E-state index contributed by atoms with van der Waals surface area (Å²) in [6.45, 7) is 1.06. The molecule has 3 rings (SSSR count). The molecule has 1 amide bonds. The average molecular weight is 400 g/mol. The van der Waals surface area contributed by atoms with E-state index in [1.54, 1.807) is 0 Å². The number of amides is 1. The van der Waals surface area contributed by atoms with Crippen LogP contribution in [0.2, 0.25) is 5.02 Å². The molecule has 150 valence electrons. The lowest BCUT2D eigenvalue weighted by atomic mass is 9.89. The number of nitrogens with one attached hydrogen (secondary N) is 1. The number of nitrogen functional groups attached to an aromatic ring is 1. The van der Waals surface area contributed by atoms with Gasteiger partial charge in [0.05, 0.1) is 6.54 Å². The summed E-state index contributed by atoms with van der Waals surface area (Å²) in [6.07, 6.45) is 5.91. The normalized spacial score (nSPS) is 16.1. The number of para-hydroxylation sites is 1. The quantitative estimate of drug-likeness (QED) is 0.677. The van der Waals surface area contributed by atoms with E-state index in [1.165, 1.54) is 19.3 Å². The van der Waals surface area contributed by atoms with Crippen LogP contribution in [0.5, 0.6) is 0 Å². The van der Waals surface area contributed by atoms with Crippen molar-refractivity contribution in [2.24, 2.45) is 0 Å². The molecule has 0 radical (unpaired) electrons. The number of hydrogen-bond donors (Lipinski definition) is 2. The van der Waals surface area contributed by atoms with E-state index < -0.39 is 0 Å². The largest absolute Gasteiger partial charge is 0.398 e. The highest BCUT2D eigenvalue weighted by molar-refractivity contribution is 6.30. The van der Waals surface area contributed by atoms with E-state index in [9.17, 15) is 4.79 Å². The van der Waals surface area contributed by atoms with E-state index in [0.717, 1.165) is 29.7 Å². The number of likely N-dealkylation sites (N-methyl/N-ethyl adjacent to an activating group) is 1. The van der Waals surface area contributed by atoms with Crippen LogP contribution >= 0.6 is 11.6 Å². The van der Waals surface area contributed by atoms with Crippen LogP contribution in [0, 0.1) is 0 Å². The summed E-state index contributed by atoms with van der Waals surface area (Å²) in [4.78, 5) is 14.6. The Morgan fingerprint density at radius 2 is 1.93 bits per heavy atom. The molecule has 0 aliphatic heterocycles. The fourth-order valence-electron chi connectivity index (χ4n) is 4.08. The second-order valence-electron chi connectivity index (χ2n) is 7.84. The molecule has 2 aromatic rings. The van der Waals surface area contributed by atoms with Gasteiger partial charge in [0, 0.05) is 29.2 Å². The molecule has 2 aromatic carbocycles. The first kappa shape index (κ1) is 20.7. The van der Waals surface area contributed by atoms with Crippen LogP contribution in [-0.2, 0) is 4.79 Å². The van der Waals surface area contributed by atoms with Gasteiger partial charge in [-0.25, -0.2) is 0 Å². The number of rotatable bonds is 7. The zero-order valence-corrected chi connectivity index (χ0v) is 17.3. The van der Waals surface area contributed by atoms with E-state index >= 15 is 0 Å². The lowest BCUT2D eigenvalue weighted by Gasteiger charge is -2.27. The number of carbonyl (C=O) groups excluding carboxylic acids is 1. The second-order valence-corrected chi connectivity index (χ2v) is 8.27. The number of anilines is 1. The Morgan fingerprint density at radius 1 is 1.18 bits per heavy atom. The highest BCUT2D eigenvalue weighted by Crippen LogP contribution is 2.31. The molecule has 0 heterocycles. The average Bonchev–Trinajstić information content (AvgIpc) is 2.67. The lowest BCUT2D eigenvalue weighted by molar-refractivity contribution is -0.122. The first-order valence-electron chi connectivity index (χ1n) is 10.1. The molecule has 4 nitrogen and oxygen atoms in total. The maximum Gasteiger partial charge on any atom is 0.234 e. The molecule has 0 spiro atoms. The van der Waals surface area contributed by atoms with Gasteiger partial charge in [-0.05, 0) is 49.2 Å². The topological polar surface area (TPSA) is 58.4 Å². The molecular formula is C23H30ClN3O. The Bertz CT molecular complexity index is 789. The smallest absolute Gasteiger partial charge is 0.234 e. The number of hydrogen-bond acceptors (Lipinski definition) is 3. The molecule has 1 fully saturated rings. The predicted octanol–water partition coefficient (Wildman–Crippen LogP) is 4.43. The summed E-state index contributed by atoms with van der Waals surface area (Å²) in [5, 5.41) is 3.90. The number of nitrogens with two attached hydrogens (primary N) is 1. The first-order valence-corrected chi connectivity index (χ1v) is 10.5. The van der Waals surface area contributed by atoms with Crippen LogP contribution in [-0.4, -0.2) is 37.0 Å². The van der Waals surface area contributed by atoms with Crippen molar-refractivity contribution in [3.63, 3.8) is 0 Å². The van der Waals surface area contributed by atoms with Gasteiger partial charge in [0.2, 0.25) is 5.91 Å². The maximum absolute atomic E-state index is 12.5. The van der Waals surface area contributed by atoms with Crippen LogP contribution in [0.25, 0.3) is 0 Å². The van der Waals surface area contributed by atoms with E-state index in [1.807, 2.05) is 43.4 Å². The molecule has 1 aliphatic carbocycles. The zero-order valence-electron chi connectivity index (χ0n) is 16.5. The van der Waals surface area contributed by atoms with E-state index in [0.29, 0.717) is 24.2 Å². The van der Waals surface area contributed by atoms with Crippen LogP contribution < -0.4 is 11.1 Å². The van der Waals surface area contributed by atoms with Gasteiger partial charge in [-0.2, -0.15) is 0 Å². The number of nitrogens with zero attached hydrogens (tertiary/aromatic N) is 1. The first-order chi connectivity index (χ1) is 13.5. The van der Waals surface area contributed by atoms with Crippen LogP contribution in [0.1, 0.15) is 49.1 Å². The predicted molar refractivity (Wildman–Crippen MR) is 117 cm³/mol. The SMILES string of the molecule is CN(CC(=O)NC1CCCCC1)CC(c1cccc(Cl)c1)c1ccccc1N. The molecule has 3 N–H and O–H groups in total. The molecule has 0 bridgehead atoms. The Labute approximate surface area is 173 Å². The van der Waals surface area contributed by atoms with E-state index in [-0.39, 0.29) is 11.8 Å². The molecule has 0 aromatic heterocycles. The molecule has 5 heteroatoms. The zero-order chi connectivity index (χ0) is 19.9. The minimum absolute atomic E-state index is 0.0485.